The van der Waals surface area contributed by atoms with Crippen LogP contribution in [0.2, 0.25) is 0 Å². The summed E-state index contributed by atoms with van der Waals surface area (Å²) in [7, 11) is -1.22. The van der Waals surface area contributed by atoms with E-state index in [1.807, 2.05) is 56.3 Å². The third-order valence-corrected chi connectivity index (χ3v) is 10.0. The maximum Gasteiger partial charge on any atom is 0.264 e. The molecule has 0 bridgehead atoms. The molecule has 0 heterocycles. The number of anilines is 1. The Kier molecular flexibility index (Phi) is 12.4. The zero-order valence-corrected chi connectivity index (χ0v) is 29.4. The fourth-order valence-corrected chi connectivity index (χ4v) is 7.20. The van der Waals surface area contributed by atoms with Crippen molar-refractivity contribution in [3.05, 3.63) is 118 Å². The third-order valence-electron chi connectivity index (χ3n) is 7.62. The van der Waals surface area contributed by atoms with Gasteiger partial charge in [0.15, 0.2) is 0 Å². The molecule has 1 atom stereocenters. The number of amides is 2. The van der Waals surface area contributed by atoms with E-state index in [2.05, 4.69) is 21.2 Å². The number of carbonyl (C=O) groups is 2. The van der Waals surface area contributed by atoms with Crippen LogP contribution in [0.4, 0.5) is 5.69 Å². The van der Waals surface area contributed by atoms with E-state index in [-0.39, 0.29) is 23.8 Å². The quantitative estimate of drug-likeness (QED) is 0.158. The second kappa shape index (κ2) is 16.5. The highest BCUT2D eigenvalue weighted by Gasteiger charge is 2.35. The van der Waals surface area contributed by atoms with Gasteiger partial charge in [-0.25, -0.2) is 8.42 Å². The van der Waals surface area contributed by atoms with Crippen molar-refractivity contribution in [1.29, 1.82) is 0 Å². The number of ether oxygens (including phenoxy) is 2. The highest BCUT2D eigenvalue weighted by atomic mass is 79.9. The smallest absolute Gasteiger partial charge is 0.264 e. The van der Waals surface area contributed by atoms with Crippen molar-refractivity contribution in [3.63, 3.8) is 0 Å². The number of hydrogen-bond donors (Lipinski definition) is 1. The first-order valence-corrected chi connectivity index (χ1v) is 17.5. The van der Waals surface area contributed by atoms with Crippen LogP contribution in [0, 0.1) is 6.92 Å². The van der Waals surface area contributed by atoms with Crippen molar-refractivity contribution in [2.24, 2.45) is 0 Å². The largest absolute Gasteiger partial charge is 0.497 e. The zero-order chi connectivity index (χ0) is 34.0. The van der Waals surface area contributed by atoms with E-state index in [1.54, 1.807) is 49.6 Å². The molecule has 248 valence electrons. The lowest BCUT2D eigenvalue weighted by molar-refractivity contribution is -0.140. The average molecular weight is 723 g/mol. The van der Waals surface area contributed by atoms with E-state index in [0.29, 0.717) is 34.6 Å². The van der Waals surface area contributed by atoms with Crippen LogP contribution < -0.4 is 19.1 Å². The van der Waals surface area contributed by atoms with Gasteiger partial charge in [-0.3, -0.25) is 13.9 Å². The van der Waals surface area contributed by atoms with Gasteiger partial charge >= 0.3 is 0 Å². The molecule has 0 fully saturated rings. The van der Waals surface area contributed by atoms with Gasteiger partial charge in [-0.15, -0.1) is 0 Å². The summed E-state index contributed by atoms with van der Waals surface area (Å²) in [5.74, 6) is 0.194. The van der Waals surface area contributed by atoms with Gasteiger partial charge in [-0.1, -0.05) is 67.1 Å². The molecule has 0 radical (unpaired) electrons. The first-order valence-electron chi connectivity index (χ1n) is 15.2. The van der Waals surface area contributed by atoms with Crippen LogP contribution in [-0.4, -0.2) is 58.5 Å². The predicted molar refractivity (Wildman–Crippen MR) is 187 cm³/mol. The summed E-state index contributed by atoms with van der Waals surface area (Å²) in [5.41, 5.74) is 2.83. The number of halogens is 1. The van der Waals surface area contributed by atoms with E-state index >= 15 is 0 Å². The maximum absolute atomic E-state index is 14.6. The second-order valence-electron chi connectivity index (χ2n) is 11.0. The number of nitrogens with one attached hydrogen (secondary N) is 1. The molecule has 0 aliphatic heterocycles. The topological polar surface area (TPSA) is 105 Å². The number of rotatable bonds is 15. The van der Waals surface area contributed by atoms with Crippen LogP contribution in [0.1, 0.15) is 30.0 Å². The Morgan fingerprint density at radius 2 is 1.57 bits per heavy atom. The summed E-state index contributed by atoms with van der Waals surface area (Å²) in [6.07, 6.45) is 0.944. The molecule has 9 nitrogen and oxygen atoms in total. The fraction of sp³-hybridized carbons (Fsp3) is 0.278. The normalized spacial score (nSPS) is 11.8. The monoisotopic (exact) mass is 721 g/mol. The summed E-state index contributed by atoms with van der Waals surface area (Å²) < 4.78 is 40.9. The second-order valence-corrected chi connectivity index (χ2v) is 13.7. The highest BCUT2D eigenvalue weighted by molar-refractivity contribution is 9.10. The van der Waals surface area contributed by atoms with Gasteiger partial charge in [0, 0.05) is 19.5 Å². The standard InChI is InChI=1S/C36H40BrN3O6S/c1-5-20-38-36(42)33(22-27-10-7-6-8-11-27)39(24-28-12-9-13-30(21-28)45-3)35(41)25-40(29-16-14-26(2)15-17-29)47(43,44)31-18-19-34(46-4)32(37)23-31/h6-19,21,23,33H,5,20,22,24-25H2,1-4H3,(H,38,42)/t33-/m1/s1. The minimum Gasteiger partial charge on any atom is -0.497 e. The fourth-order valence-electron chi connectivity index (χ4n) is 5.06. The number of hydrogen-bond acceptors (Lipinski definition) is 6. The molecule has 1 N–H and O–H groups in total. The Hall–Kier alpha value is -4.35. The van der Waals surface area contributed by atoms with E-state index < -0.39 is 28.5 Å². The molecule has 4 aromatic carbocycles. The molecule has 4 rings (SSSR count). The third kappa shape index (κ3) is 9.14. The maximum atomic E-state index is 14.6. The van der Waals surface area contributed by atoms with E-state index in [0.717, 1.165) is 21.0 Å². The Bertz CT molecular complexity index is 1770. The Morgan fingerprint density at radius 3 is 2.21 bits per heavy atom. The highest BCUT2D eigenvalue weighted by Crippen LogP contribution is 2.31. The van der Waals surface area contributed by atoms with Gasteiger partial charge in [0.25, 0.3) is 10.0 Å². The molecule has 11 heteroatoms. The minimum atomic E-state index is -4.27. The molecular weight excluding hydrogens is 682 g/mol. The van der Waals surface area contributed by atoms with Crippen molar-refractivity contribution in [1.82, 2.24) is 10.2 Å². The number of carbonyl (C=O) groups excluding carboxylic acids is 2. The van der Waals surface area contributed by atoms with Crippen molar-refractivity contribution in [2.45, 2.75) is 44.2 Å². The van der Waals surface area contributed by atoms with Crippen LogP contribution in [-0.2, 0) is 32.6 Å². The van der Waals surface area contributed by atoms with Gasteiger partial charge in [0.1, 0.15) is 24.1 Å². The number of methoxy groups -OCH3 is 2. The van der Waals surface area contributed by atoms with Gasteiger partial charge in [0.05, 0.1) is 29.3 Å². The van der Waals surface area contributed by atoms with Gasteiger partial charge < -0.3 is 19.7 Å². The number of sulfonamides is 1. The summed E-state index contributed by atoms with van der Waals surface area (Å²) in [6.45, 7) is 3.77. The number of aryl methyl sites for hydroxylation is 1. The summed E-state index contributed by atoms with van der Waals surface area (Å²) in [5, 5.41) is 2.95. The van der Waals surface area contributed by atoms with E-state index in [1.165, 1.54) is 24.1 Å². The molecule has 47 heavy (non-hydrogen) atoms. The lowest BCUT2D eigenvalue weighted by Crippen LogP contribution is -2.53. The summed E-state index contributed by atoms with van der Waals surface area (Å²) >= 11 is 3.39. The van der Waals surface area contributed by atoms with E-state index in [9.17, 15) is 18.0 Å². The molecule has 0 spiro atoms. The van der Waals surface area contributed by atoms with Crippen molar-refractivity contribution in [2.75, 3.05) is 31.6 Å². The minimum absolute atomic E-state index is 0.0283. The molecule has 2 amide bonds. The Labute approximate surface area is 285 Å². The number of benzene rings is 4. The molecule has 0 aromatic heterocycles. The first kappa shape index (κ1) is 35.5. The van der Waals surface area contributed by atoms with Crippen LogP contribution >= 0.6 is 15.9 Å². The molecular formula is C36H40BrN3O6S. The van der Waals surface area contributed by atoms with Gasteiger partial charge in [-0.05, 0) is 82.9 Å². The van der Waals surface area contributed by atoms with Crippen molar-refractivity contribution in [3.8, 4) is 11.5 Å². The van der Waals surface area contributed by atoms with E-state index in [4.69, 9.17) is 9.47 Å². The van der Waals surface area contributed by atoms with Gasteiger partial charge in [0.2, 0.25) is 11.8 Å². The van der Waals surface area contributed by atoms with Crippen molar-refractivity contribution < 1.29 is 27.5 Å². The predicted octanol–water partition coefficient (Wildman–Crippen LogP) is 6.14. The molecule has 0 saturated carbocycles. The average Bonchev–Trinajstić information content (AvgIpc) is 3.08. The Morgan fingerprint density at radius 1 is 0.872 bits per heavy atom. The molecule has 4 aromatic rings. The molecule has 0 aliphatic carbocycles. The van der Waals surface area contributed by atoms with Crippen molar-refractivity contribution >= 4 is 43.5 Å². The first-order chi connectivity index (χ1) is 22.6. The summed E-state index contributed by atoms with van der Waals surface area (Å²) in [6, 6.07) is 27.1. The lowest BCUT2D eigenvalue weighted by atomic mass is 10.0. The Balaban J connectivity index is 1.81. The van der Waals surface area contributed by atoms with Crippen LogP contribution in [0.3, 0.4) is 0 Å². The van der Waals surface area contributed by atoms with Gasteiger partial charge in [-0.2, -0.15) is 0 Å². The van der Waals surface area contributed by atoms with Crippen LogP contribution in [0.15, 0.2) is 106 Å². The molecule has 0 unspecified atom stereocenters. The zero-order valence-electron chi connectivity index (χ0n) is 27.0. The lowest BCUT2D eigenvalue weighted by Gasteiger charge is -2.34. The van der Waals surface area contributed by atoms with Crippen LogP contribution in [0.25, 0.3) is 0 Å². The molecule has 0 saturated heterocycles. The van der Waals surface area contributed by atoms with Crippen LogP contribution in [0.5, 0.6) is 11.5 Å². The number of nitrogens with zero attached hydrogens (tertiary/aromatic N) is 2. The SMILES string of the molecule is CCCNC(=O)[C@@H](Cc1ccccc1)N(Cc1cccc(OC)c1)C(=O)CN(c1ccc(C)cc1)S(=O)(=O)c1ccc(OC)c(Br)c1. The molecule has 0 aliphatic rings. The summed E-state index contributed by atoms with van der Waals surface area (Å²) in [4.78, 5) is 29.8.